The van der Waals surface area contributed by atoms with Crippen LogP contribution in [0.4, 0.5) is 0 Å². The summed E-state index contributed by atoms with van der Waals surface area (Å²) in [5.74, 6) is -0.0725. The van der Waals surface area contributed by atoms with Crippen molar-refractivity contribution in [3.63, 3.8) is 0 Å². The lowest BCUT2D eigenvalue weighted by molar-refractivity contribution is -0.143. The van der Waals surface area contributed by atoms with Gasteiger partial charge in [0.25, 0.3) is 0 Å². The summed E-state index contributed by atoms with van der Waals surface area (Å²) in [5, 5.41) is 3.63. The van der Waals surface area contributed by atoms with Crippen molar-refractivity contribution in [3.05, 3.63) is 34.9 Å². The molecule has 0 unspecified atom stereocenters. The van der Waals surface area contributed by atoms with Gasteiger partial charge in [0.2, 0.25) is 11.8 Å². The molecule has 22 heavy (non-hydrogen) atoms. The predicted octanol–water partition coefficient (Wildman–Crippen LogP) is 2.40. The summed E-state index contributed by atoms with van der Waals surface area (Å²) in [5.41, 5.74) is 0.321. The van der Waals surface area contributed by atoms with Crippen LogP contribution in [0.15, 0.2) is 24.3 Å². The van der Waals surface area contributed by atoms with E-state index in [1.54, 1.807) is 0 Å². The number of hydrogen-bond donors (Lipinski definition) is 1. The largest absolute Gasteiger partial charge is 0.355 e. The first kappa shape index (κ1) is 15.3. The molecule has 1 heterocycles. The second-order valence-corrected chi connectivity index (χ2v) is 6.65. The third-order valence-electron chi connectivity index (χ3n) is 4.58. The Balaban J connectivity index is 1.52. The van der Waals surface area contributed by atoms with Crippen molar-refractivity contribution >= 4 is 23.4 Å². The number of carbonyl (C=O) groups excluding carboxylic acids is 2. The summed E-state index contributed by atoms with van der Waals surface area (Å²) < 4.78 is 0. The van der Waals surface area contributed by atoms with Gasteiger partial charge >= 0.3 is 0 Å². The molecule has 3 rings (SSSR count). The number of likely N-dealkylation sites (tertiary alicyclic amines) is 1. The topological polar surface area (TPSA) is 49.4 Å². The Hall–Kier alpha value is -1.55. The van der Waals surface area contributed by atoms with E-state index in [2.05, 4.69) is 5.32 Å². The number of nitrogens with one attached hydrogen (secondary N) is 1. The second-order valence-electron chi connectivity index (χ2n) is 6.22. The van der Waals surface area contributed by atoms with Crippen LogP contribution in [0.25, 0.3) is 0 Å². The van der Waals surface area contributed by atoms with Crippen molar-refractivity contribution in [2.75, 3.05) is 19.6 Å². The van der Waals surface area contributed by atoms with Crippen LogP contribution >= 0.6 is 11.6 Å². The minimum atomic E-state index is -0.765. The lowest BCUT2D eigenvalue weighted by Gasteiger charge is -2.22. The molecule has 0 aromatic heterocycles. The van der Waals surface area contributed by atoms with Gasteiger partial charge in [-0.1, -0.05) is 23.7 Å². The average molecular weight is 321 g/mol. The van der Waals surface area contributed by atoms with Crippen molar-refractivity contribution in [3.8, 4) is 0 Å². The SMILES string of the molecule is O=C(NCCc1cccc(Cl)c1)C1(C(=O)N2CCCC2)CC1. The van der Waals surface area contributed by atoms with Crippen LogP contribution in [-0.2, 0) is 16.0 Å². The van der Waals surface area contributed by atoms with Crippen molar-refractivity contribution < 1.29 is 9.59 Å². The van der Waals surface area contributed by atoms with Gasteiger partial charge in [0.15, 0.2) is 0 Å². The quantitative estimate of drug-likeness (QED) is 0.847. The van der Waals surface area contributed by atoms with E-state index < -0.39 is 5.41 Å². The van der Waals surface area contributed by atoms with Gasteiger partial charge in [-0.2, -0.15) is 0 Å². The summed E-state index contributed by atoms with van der Waals surface area (Å²) in [6.07, 6.45) is 4.20. The molecule has 0 spiro atoms. The van der Waals surface area contributed by atoms with Crippen LogP contribution in [0.5, 0.6) is 0 Å². The fourth-order valence-corrected chi connectivity index (χ4v) is 3.28. The highest BCUT2D eigenvalue weighted by atomic mass is 35.5. The molecule has 5 heteroatoms. The standard InChI is InChI=1S/C17H21ClN2O2/c18-14-5-3-4-13(12-14)6-9-19-15(21)17(7-8-17)16(22)20-10-1-2-11-20/h3-5,12H,1-2,6-11H2,(H,19,21). The van der Waals surface area contributed by atoms with Gasteiger partial charge in [0.05, 0.1) is 0 Å². The number of benzene rings is 1. The normalized spacial score (nSPS) is 19.0. The highest BCUT2D eigenvalue weighted by Gasteiger charge is 2.57. The molecule has 1 aromatic carbocycles. The Labute approximate surface area is 135 Å². The fourth-order valence-electron chi connectivity index (χ4n) is 3.07. The smallest absolute Gasteiger partial charge is 0.238 e. The van der Waals surface area contributed by atoms with Gasteiger partial charge in [-0.05, 0) is 49.8 Å². The summed E-state index contributed by atoms with van der Waals surface area (Å²) in [7, 11) is 0. The van der Waals surface area contributed by atoms with E-state index in [0.717, 1.165) is 37.9 Å². The molecule has 118 valence electrons. The van der Waals surface area contributed by atoms with Crippen LogP contribution in [0, 0.1) is 5.41 Å². The summed E-state index contributed by atoms with van der Waals surface area (Å²) in [6, 6.07) is 7.62. The Morgan fingerprint density at radius 2 is 1.95 bits per heavy atom. The highest BCUT2D eigenvalue weighted by Crippen LogP contribution is 2.47. The van der Waals surface area contributed by atoms with Gasteiger partial charge in [-0.3, -0.25) is 9.59 Å². The molecule has 1 saturated heterocycles. The van der Waals surface area contributed by atoms with Crippen LogP contribution in [0.1, 0.15) is 31.2 Å². The minimum Gasteiger partial charge on any atom is -0.355 e. The van der Waals surface area contributed by atoms with Gasteiger partial charge in [0.1, 0.15) is 5.41 Å². The lowest BCUT2D eigenvalue weighted by atomic mass is 10.0. The molecule has 1 N–H and O–H groups in total. The number of carbonyl (C=O) groups is 2. The molecular weight excluding hydrogens is 300 g/mol. The zero-order valence-electron chi connectivity index (χ0n) is 12.6. The van der Waals surface area contributed by atoms with Gasteiger partial charge in [0, 0.05) is 24.7 Å². The molecule has 0 atom stereocenters. The number of halogens is 1. The molecule has 4 nitrogen and oxygen atoms in total. The number of rotatable bonds is 5. The molecule has 2 aliphatic rings. The molecule has 1 aliphatic heterocycles. The summed E-state index contributed by atoms with van der Waals surface area (Å²) >= 11 is 5.95. The lowest BCUT2D eigenvalue weighted by Crippen LogP contribution is -2.44. The molecule has 1 saturated carbocycles. The van der Waals surface area contributed by atoms with E-state index in [1.165, 1.54) is 0 Å². The second kappa shape index (κ2) is 6.29. The van der Waals surface area contributed by atoms with Gasteiger partial charge in [-0.25, -0.2) is 0 Å². The number of amides is 2. The van der Waals surface area contributed by atoms with E-state index >= 15 is 0 Å². The summed E-state index contributed by atoms with van der Waals surface area (Å²) in [6.45, 7) is 2.14. The number of hydrogen-bond acceptors (Lipinski definition) is 2. The number of nitrogens with zero attached hydrogens (tertiary/aromatic N) is 1. The van der Waals surface area contributed by atoms with Crippen LogP contribution in [-0.4, -0.2) is 36.3 Å². The van der Waals surface area contributed by atoms with Crippen molar-refractivity contribution in [2.24, 2.45) is 5.41 Å². The van der Waals surface area contributed by atoms with Gasteiger partial charge in [-0.15, -0.1) is 0 Å². The van der Waals surface area contributed by atoms with Crippen molar-refractivity contribution in [1.29, 1.82) is 0 Å². The van der Waals surface area contributed by atoms with E-state index in [1.807, 2.05) is 29.2 Å². The molecule has 2 fully saturated rings. The Morgan fingerprint density at radius 1 is 1.23 bits per heavy atom. The van der Waals surface area contributed by atoms with E-state index in [-0.39, 0.29) is 11.8 Å². The molecule has 0 radical (unpaired) electrons. The zero-order chi connectivity index (χ0) is 15.6. The minimum absolute atomic E-state index is 0.0326. The predicted molar refractivity (Wildman–Crippen MR) is 85.6 cm³/mol. The van der Waals surface area contributed by atoms with Crippen LogP contribution < -0.4 is 5.32 Å². The van der Waals surface area contributed by atoms with E-state index in [9.17, 15) is 9.59 Å². The third kappa shape index (κ3) is 3.12. The van der Waals surface area contributed by atoms with E-state index in [4.69, 9.17) is 11.6 Å². The molecule has 1 aromatic rings. The zero-order valence-corrected chi connectivity index (χ0v) is 13.4. The molecule has 1 aliphatic carbocycles. The Kier molecular flexibility index (Phi) is 4.39. The van der Waals surface area contributed by atoms with Crippen LogP contribution in [0.3, 0.4) is 0 Å². The molecule has 0 bridgehead atoms. The maximum atomic E-state index is 12.5. The van der Waals surface area contributed by atoms with Crippen molar-refractivity contribution in [1.82, 2.24) is 10.2 Å². The fraction of sp³-hybridized carbons (Fsp3) is 0.529. The van der Waals surface area contributed by atoms with Gasteiger partial charge < -0.3 is 10.2 Å². The first-order valence-electron chi connectivity index (χ1n) is 7.94. The maximum Gasteiger partial charge on any atom is 0.238 e. The van der Waals surface area contributed by atoms with Crippen molar-refractivity contribution in [2.45, 2.75) is 32.1 Å². The molecule has 2 amide bonds. The third-order valence-corrected chi connectivity index (χ3v) is 4.81. The Morgan fingerprint density at radius 3 is 2.59 bits per heavy atom. The Bertz CT molecular complexity index is 578. The van der Waals surface area contributed by atoms with Crippen LogP contribution in [0.2, 0.25) is 5.02 Å². The molecular formula is C17H21ClN2O2. The maximum absolute atomic E-state index is 12.5. The first-order chi connectivity index (χ1) is 10.6. The first-order valence-corrected chi connectivity index (χ1v) is 8.32. The highest BCUT2D eigenvalue weighted by molar-refractivity contribution is 6.30. The summed E-state index contributed by atoms with van der Waals surface area (Å²) in [4.78, 5) is 26.7. The average Bonchev–Trinajstić information content (AvgIpc) is 3.14. The monoisotopic (exact) mass is 320 g/mol. The van der Waals surface area contributed by atoms with E-state index in [0.29, 0.717) is 24.4 Å².